The second-order valence-electron chi connectivity index (χ2n) is 10.3. The summed E-state index contributed by atoms with van der Waals surface area (Å²) >= 11 is 0. The Morgan fingerprint density at radius 2 is 1.47 bits per heavy atom. The molecule has 1 aromatic carbocycles. The lowest BCUT2D eigenvalue weighted by molar-refractivity contribution is 0.557. The molecule has 2 heterocycles. The van der Waals surface area contributed by atoms with Gasteiger partial charge in [-0.3, -0.25) is 4.72 Å². The van der Waals surface area contributed by atoms with Gasteiger partial charge in [0.15, 0.2) is 11.5 Å². The first-order valence-electron chi connectivity index (χ1n) is 12.8. The average molecular weight is 488 g/mol. The zero-order valence-corrected chi connectivity index (χ0v) is 22.0. The number of nitrogens with one attached hydrogen (secondary N) is 2. The van der Waals surface area contributed by atoms with Crippen molar-refractivity contribution in [1.29, 1.82) is 0 Å². The van der Waals surface area contributed by atoms with E-state index in [1.807, 2.05) is 18.2 Å². The van der Waals surface area contributed by atoms with Crippen LogP contribution in [-0.4, -0.2) is 34.0 Å². The van der Waals surface area contributed by atoms with Crippen LogP contribution >= 0.6 is 0 Å². The van der Waals surface area contributed by atoms with Crippen LogP contribution in [0.3, 0.4) is 0 Å². The van der Waals surface area contributed by atoms with Crippen molar-refractivity contribution in [3.8, 4) is 11.4 Å². The quantitative estimate of drug-likeness (QED) is 0.248. The number of fused-ring (bicyclic) bond motifs is 1. The van der Waals surface area contributed by atoms with E-state index in [-0.39, 0.29) is 11.2 Å². The van der Waals surface area contributed by atoms with Crippen LogP contribution in [0.5, 0.6) is 0 Å². The summed E-state index contributed by atoms with van der Waals surface area (Å²) in [7, 11) is -3.34. The Labute approximate surface area is 204 Å². The summed E-state index contributed by atoms with van der Waals surface area (Å²) in [6.45, 7) is 8.59. The molecule has 0 saturated heterocycles. The van der Waals surface area contributed by atoms with Crippen molar-refractivity contribution in [2.45, 2.75) is 97.3 Å². The van der Waals surface area contributed by atoms with Gasteiger partial charge in [-0.1, -0.05) is 85.5 Å². The third-order valence-electron chi connectivity index (χ3n) is 6.10. The molecule has 3 aromatic rings. The zero-order valence-electron chi connectivity index (χ0n) is 21.2. The minimum absolute atomic E-state index is 0.0403. The molecule has 3 rings (SSSR count). The largest absolute Gasteiger partial charge is 0.321 e. The summed E-state index contributed by atoms with van der Waals surface area (Å²) in [5, 5.41) is 9.07. The third kappa shape index (κ3) is 7.86. The van der Waals surface area contributed by atoms with Crippen molar-refractivity contribution in [2.24, 2.45) is 0 Å². The van der Waals surface area contributed by atoms with Gasteiger partial charge in [0.2, 0.25) is 10.0 Å². The number of sulfonamides is 1. The molecule has 0 atom stereocenters. The number of unbranched alkanes of at least 4 members (excludes halogenated alkanes) is 9. The van der Waals surface area contributed by atoms with Crippen molar-refractivity contribution in [3.05, 3.63) is 36.0 Å². The Morgan fingerprint density at radius 1 is 0.882 bits per heavy atom. The van der Waals surface area contributed by atoms with Crippen molar-refractivity contribution < 1.29 is 8.42 Å². The fraction of sp³-hybridized carbons (Fsp3) is 0.615. The van der Waals surface area contributed by atoms with Crippen molar-refractivity contribution >= 4 is 21.4 Å². The normalized spacial score (nSPS) is 12.5. The highest BCUT2D eigenvalue weighted by Crippen LogP contribution is 2.24. The standard InChI is InChI=1S/C26H41N5O2S/c1-5-6-7-8-9-10-11-12-13-14-19-34(32,33)30-22-17-15-21(16-18-22)25-27-24-20-23(26(2,3)4)28-31(24)29-25/h15-18,20,30H,5-14,19H2,1-4H3,(H,27,29). The molecule has 0 unspecified atom stereocenters. The van der Waals surface area contributed by atoms with Gasteiger partial charge in [0.1, 0.15) is 0 Å². The van der Waals surface area contributed by atoms with Gasteiger partial charge < -0.3 is 4.98 Å². The average Bonchev–Trinajstić information content (AvgIpc) is 3.35. The van der Waals surface area contributed by atoms with Crippen LogP contribution in [0.15, 0.2) is 30.3 Å². The minimum atomic E-state index is -3.34. The van der Waals surface area contributed by atoms with Crippen LogP contribution in [0.25, 0.3) is 17.0 Å². The van der Waals surface area contributed by atoms with Gasteiger partial charge in [0.05, 0.1) is 11.4 Å². The molecule has 0 aliphatic rings. The number of anilines is 1. The number of nitrogens with zero attached hydrogens (tertiary/aromatic N) is 3. The SMILES string of the molecule is CCCCCCCCCCCCS(=O)(=O)Nc1ccc(-c2nn3nc(C(C)(C)C)cc3[nH]2)cc1. The van der Waals surface area contributed by atoms with Crippen LogP contribution in [0.4, 0.5) is 5.69 Å². The lowest BCUT2D eigenvalue weighted by Gasteiger charge is -2.13. The van der Waals surface area contributed by atoms with E-state index in [0.717, 1.165) is 29.7 Å². The first kappa shape index (κ1) is 26.3. The summed E-state index contributed by atoms with van der Waals surface area (Å²) in [5.74, 6) is 0.860. The topological polar surface area (TPSA) is 92.2 Å². The molecule has 8 heteroatoms. The molecule has 0 radical (unpaired) electrons. The smallest absolute Gasteiger partial charge is 0.232 e. The van der Waals surface area contributed by atoms with Crippen molar-refractivity contribution in [3.63, 3.8) is 0 Å². The van der Waals surface area contributed by atoms with Gasteiger partial charge in [-0.2, -0.15) is 5.10 Å². The predicted octanol–water partition coefficient (Wildman–Crippen LogP) is 6.68. The number of aromatic nitrogens is 4. The fourth-order valence-electron chi connectivity index (χ4n) is 3.98. The monoisotopic (exact) mass is 487 g/mol. The molecular weight excluding hydrogens is 446 g/mol. The second-order valence-corrected chi connectivity index (χ2v) is 12.2. The van der Waals surface area contributed by atoms with Crippen LogP contribution in [0.2, 0.25) is 0 Å². The van der Waals surface area contributed by atoms with Gasteiger partial charge in [0.25, 0.3) is 0 Å². The number of H-pyrrole nitrogens is 1. The van der Waals surface area contributed by atoms with E-state index in [0.29, 0.717) is 17.9 Å². The summed E-state index contributed by atoms with van der Waals surface area (Å²) in [6, 6.07) is 9.28. The molecule has 0 aliphatic heterocycles. The van der Waals surface area contributed by atoms with E-state index in [1.54, 1.807) is 16.8 Å². The first-order valence-corrected chi connectivity index (χ1v) is 14.4. The van der Waals surface area contributed by atoms with Gasteiger partial charge in [-0.15, -0.1) is 9.73 Å². The zero-order chi connectivity index (χ0) is 24.6. The second kappa shape index (κ2) is 11.9. The van der Waals surface area contributed by atoms with E-state index in [2.05, 4.69) is 47.6 Å². The van der Waals surface area contributed by atoms with Gasteiger partial charge in [-0.05, 0) is 30.7 Å². The maximum atomic E-state index is 12.4. The highest BCUT2D eigenvalue weighted by atomic mass is 32.2. The van der Waals surface area contributed by atoms with Crippen LogP contribution in [0.1, 0.15) is 97.6 Å². The van der Waals surface area contributed by atoms with Gasteiger partial charge in [-0.25, -0.2) is 8.42 Å². The van der Waals surface area contributed by atoms with Crippen LogP contribution in [-0.2, 0) is 15.4 Å². The minimum Gasteiger partial charge on any atom is -0.321 e. The predicted molar refractivity (Wildman–Crippen MR) is 141 cm³/mol. The molecule has 0 fully saturated rings. The summed E-state index contributed by atoms with van der Waals surface area (Å²) in [4.78, 5) is 3.28. The summed E-state index contributed by atoms with van der Waals surface area (Å²) in [6.07, 6.45) is 11.8. The summed E-state index contributed by atoms with van der Waals surface area (Å²) in [5.41, 5.74) is 3.22. The molecule has 0 spiro atoms. The van der Waals surface area contributed by atoms with E-state index in [1.165, 1.54) is 44.9 Å². The fourth-order valence-corrected chi connectivity index (χ4v) is 5.16. The van der Waals surface area contributed by atoms with Crippen molar-refractivity contribution in [2.75, 3.05) is 10.5 Å². The Hall–Kier alpha value is -2.35. The molecule has 2 N–H and O–H groups in total. The maximum absolute atomic E-state index is 12.4. The Kier molecular flexibility index (Phi) is 9.17. The maximum Gasteiger partial charge on any atom is 0.232 e. The molecular formula is C26H41N5O2S. The highest BCUT2D eigenvalue weighted by Gasteiger charge is 2.19. The molecule has 2 aromatic heterocycles. The lowest BCUT2D eigenvalue weighted by Crippen LogP contribution is -2.16. The molecule has 0 bridgehead atoms. The Bertz CT molecular complexity index is 1090. The van der Waals surface area contributed by atoms with Crippen molar-refractivity contribution in [1.82, 2.24) is 19.8 Å². The van der Waals surface area contributed by atoms with Crippen LogP contribution in [0, 0.1) is 0 Å². The molecule has 34 heavy (non-hydrogen) atoms. The Balaban J connectivity index is 1.43. The Morgan fingerprint density at radius 3 is 2.03 bits per heavy atom. The number of rotatable bonds is 14. The number of aromatic amines is 1. The molecule has 188 valence electrons. The van der Waals surface area contributed by atoms with Crippen LogP contribution < -0.4 is 4.72 Å². The van der Waals surface area contributed by atoms with E-state index >= 15 is 0 Å². The number of hydrogen-bond acceptors (Lipinski definition) is 4. The molecule has 0 amide bonds. The lowest BCUT2D eigenvalue weighted by atomic mass is 9.93. The number of benzene rings is 1. The molecule has 7 nitrogen and oxygen atoms in total. The first-order chi connectivity index (χ1) is 16.2. The van der Waals surface area contributed by atoms with E-state index in [9.17, 15) is 8.42 Å². The molecule has 0 saturated carbocycles. The van der Waals surface area contributed by atoms with E-state index in [4.69, 9.17) is 0 Å². The van der Waals surface area contributed by atoms with Gasteiger partial charge >= 0.3 is 0 Å². The summed E-state index contributed by atoms with van der Waals surface area (Å²) < 4.78 is 29.2. The third-order valence-corrected chi connectivity index (χ3v) is 7.47. The molecule has 0 aliphatic carbocycles. The highest BCUT2D eigenvalue weighted by molar-refractivity contribution is 7.92. The van der Waals surface area contributed by atoms with Gasteiger partial charge in [0, 0.05) is 22.7 Å². The number of hydrogen-bond donors (Lipinski definition) is 2. The van der Waals surface area contributed by atoms with E-state index < -0.39 is 10.0 Å².